The standard InChI is InChI=1S/C26H27FN6O3/c1-15-21(27)23(33-10-12-36-13-11-33)32-22(28-15)16-4-6-17(7-5-16)29-25(35)30-18-8-9-19-20(14-18)31-24(34)26(19,2)3/h4-9,14H,10-13H2,1-3H3,(H,31,34)(H2,29,30,35). The van der Waals surface area contributed by atoms with Crippen LogP contribution >= 0.6 is 0 Å². The summed E-state index contributed by atoms with van der Waals surface area (Å²) in [6.07, 6.45) is 0. The Kier molecular flexibility index (Phi) is 6.05. The highest BCUT2D eigenvalue weighted by molar-refractivity contribution is 6.07. The van der Waals surface area contributed by atoms with Crippen molar-refractivity contribution >= 4 is 34.8 Å². The van der Waals surface area contributed by atoms with Gasteiger partial charge in [-0.1, -0.05) is 6.07 Å². The van der Waals surface area contributed by atoms with Crippen LogP contribution < -0.4 is 20.9 Å². The number of morpholine rings is 1. The third-order valence-electron chi connectivity index (χ3n) is 6.48. The summed E-state index contributed by atoms with van der Waals surface area (Å²) in [6.45, 7) is 7.53. The second-order valence-electron chi connectivity index (χ2n) is 9.37. The molecule has 1 aromatic heterocycles. The largest absolute Gasteiger partial charge is 0.378 e. The lowest BCUT2D eigenvalue weighted by atomic mass is 9.86. The predicted molar refractivity (Wildman–Crippen MR) is 136 cm³/mol. The van der Waals surface area contributed by atoms with Crippen molar-refractivity contribution in [3.63, 3.8) is 0 Å². The molecule has 0 saturated carbocycles. The molecule has 2 aromatic carbocycles. The Hall–Kier alpha value is -4.05. The molecule has 0 aliphatic carbocycles. The van der Waals surface area contributed by atoms with E-state index in [9.17, 15) is 14.0 Å². The van der Waals surface area contributed by atoms with E-state index >= 15 is 0 Å². The van der Waals surface area contributed by atoms with Gasteiger partial charge in [0, 0.05) is 35.7 Å². The lowest BCUT2D eigenvalue weighted by molar-refractivity contribution is -0.119. The molecule has 0 unspecified atom stereocenters. The topological polar surface area (TPSA) is 108 Å². The van der Waals surface area contributed by atoms with Crippen LogP contribution in [0.25, 0.3) is 11.4 Å². The number of ether oxygens (including phenoxy) is 1. The molecule has 9 nitrogen and oxygen atoms in total. The van der Waals surface area contributed by atoms with Gasteiger partial charge in [-0.25, -0.2) is 19.2 Å². The first-order valence-corrected chi connectivity index (χ1v) is 11.7. The van der Waals surface area contributed by atoms with Gasteiger partial charge in [-0.15, -0.1) is 0 Å². The molecule has 0 bridgehead atoms. The van der Waals surface area contributed by atoms with E-state index in [4.69, 9.17) is 4.74 Å². The van der Waals surface area contributed by atoms with Gasteiger partial charge < -0.3 is 25.6 Å². The van der Waals surface area contributed by atoms with Crippen LogP contribution in [0.1, 0.15) is 25.1 Å². The number of fused-ring (bicyclic) bond motifs is 1. The number of amides is 3. The first-order valence-electron chi connectivity index (χ1n) is 11.7. The van der Waals surface area contributed by atoms with Gasteiger partial charge in [0.25, 0.3) is 0 Å². The summed E-state index contributed by atoms with van der Waals surface area (Å²) in [7, 11) is 0. The van der Waals surface area contributed by atoms with Gasteiger partial charge in [-0.3, -0.25) is 4.79 Å². The quantitative estimate of drug-likeness (QED) is 0.503. The molecule has 1 fully saturated rings. The summed E-state index contributed by atoms with van der Waals surface area (Å²) in [6, 6.07) is 11.9. The number of aromatic nitrogens is 2. The van der Waals surface area contributed by atoms with Crippen molar-refractivity contribution in [1.82, 2.24) is 9.97 Å². The summed E-state index contributed by atoms with van der Waals surface area (Å²) in [5, 5.41) is 8.42. The van der Waals surface area contributed by atoms with E-state index in [2.05, 4.69) is 25.9 Å². The Morgan fingerprint density at radius 1 is 1.06 bits per heavy atom. The Labute approximate surface area is 208 Å². The van der Waals surface area contributed by atoms with Crippen LogP contribution in [0.4, 0.5) is 32.1 Å². The number of nitrogens with one attached hydrogen (secondary N) is 3. The molecule has 5 rings (SSSR count). The normalized spacial score (nSPS) is 16.3. The second-order valence-corrected chi connectivity index (χ2v) is 9.37. The smallest absolute Gasteiger partial charge is 0.323 e. The summed E-state index contributed by atoms with van der Waals surface area (Å²) >= 11 is 0. The molecule has 0 radical (unpaired) electrons. The molecule has 0 atom stereocenters. The van der Waals surface area contributed by atoms with E-state index in [0.29, 0.717) is 54.8 Å². The van der Waals surface area contributed by atoms with Crippen molar-refractivity contribution in [1.29, 1.82) is 0 Å². The highest BCUT2D eigenvalue weighted by Gasteiger charge is 2.38. The number of halogens is 1. The maximum atomic E-state index is 14.7. The molecule has 3 aromatic rings. The Balaban J connectivity index is 1.27. The molecule has 2 aliphatic heterocycles. The molecular weight excluding hydrogens is 463 g/mol. The number of aryl methyl sites for hydroxylation is 1. The summed E-state index contributed by atoms with van der Waals surface area (Å²) in [5.74, 6) is 0.188. The van der Waals surface area contributed by atoms with Crippen molar-refractivity contribution in [2.24, 2.45) is 0 Å². The zero-order chi connectivity index (χ0) is 25.4. The Bertz CT molecular complexity index is 1340. The zero-order valence-corrected chi connectivity index (χ0v) is 20.3. The summed E-state index contributed by atoms with van der Waals surface area (Å²) in [4.78, 5) is 35.3. The van der Waals surface area contributed by atoms with E-state index < -0.39 is 17.3 Å². The number of hydrogen-bond acceptors (Lipinski definition) is 6. The molecule has 3 N–H and O–H groups in total. The van der Waals surface area contributed by atoms with Crippen molar-refractivity contribution in [3.8, 4) is 11.4 Å². The van der Waals surface area contributed by atoms with Crippen LogP contribution in [0.15, 0.2) is 42.5 Å². The first kappa shape index (κ1) is 23.7. The molecule has 2 aliphatic rings. The highest BCUT2D eigenvalue weighted by Crippen LogP contribution is 2.38. The minimum Gasteiger partial charge on any atom is -0.378 e. The van der Waals surface area contributed by atoms with E-state index in [1.165, 1.54) is 0 Å². The molecule has 10 heteroatoms. The van der Waals surface area contributed by atoms with Crippen molar-refractivity contribution in [2.45, 2.75) is 26.2 Å². The minimum atomic E-state index is -0.604. The average molecular weight is 491 g/mol. The number of urea groups is 1. The predicted octanol–water partition coefficient (Wildman–Crippen LogP) is 4.30. The third-order valence-corrected chi connectivity index (χ3v) is 6.48. The Morgan fingerprint density at radius 2 is 1.72 bits per heavy atom. The van der Waals surface area contributed by atoms with E-state index in [1.54, 1.807) is 43.3 Å². The lowest BCUT2D eigenvalue weighted by Gasteiger charge is -2.28. The second kappa shape index (κ2) is 9.19. The highest BCUT2D eigenvalue weighted by atomic mass is 19.1. The fourth-order valence-corrected chi connectivity index (χ4v) is 4.33. The van der Waals surface area contributed by atoms with Gasteiger partial charge >= 0.3 is 6.03 Å². The molecule has 3 heterocycles. The zero-order valence-electron chi connectivity index (χ0n) is 20.3. The molecule has 36 heavy (non-hydrogen) atoms. The number of anilines is 4. The van der Waals surface area contributed by atoms with E-state index in [-0.39, 0.29) is 17.4 Å². The van der Waals surface area contributed by atoms with E-state index in [0.717, 1.165) is 5.56 Å². The minimum absolute atomic E-state index is 0.0726. The molecule has 3 amide bonds. The molecular formula is C26H27FN6O3. The lowest BCUT2D eigenvalue weighted by Crippen LogP contribution is -2.37. The molecule has 1 saturated heterocycles. The van der Waals surface area contributed by atoms with Crippen LogP contribution in [-0.2, 0) is 14.9 Å². The van der Waals surface area contributed by atoms with Crippen LogP contribution in [0.3, 0.4) is 0 Å². The first-order chi connectivity index (χ1) is 17.2. The van der Waals surface area contributed by atoms with Gasteiger partial charge in [-0.05, 0) is 62.7 Å². The number of rotatable bonds is 4. The monoisotopic (exact) mass is 490 g/mol. The van der Waals surface area contributed by atoms with Gasteiger partial charge in [0.2, 0.25) is 5.91 Å². The van der Waals surface area contributed by atoms with Crippen molar-refractivity contribution in [2.75, 3.05) is 47.2 Å². The number of hydrogen-bond donors (Lipinski definition) is 3. The number of carbonyl (C=O) groups is 2. The van der Waals surface area contributed by atoms with Gasteiger partial charge in [0.05, 0.1) is 24.3 Å². The van der Waals surface area contributed by atoms with Gasteiger partial charge in [-0.2, -0.15) is 0 Å². The fourth-order valence-electron chi connectivity index (χ4n) is 4.33. The van der Waals surface area contributed by atoms with Crippen molar-refractivity contribution in [3.05, 3.63) is 59.5 Å². The average Bonchev–Trinajstić information content (AvgIpc) is 3.09. The van der Waals surface area contributed by atoms with E-state index in [1.807, 2.05) is 24.8 Å². The van der Waals surface area contributed by atoms with Crippen molar-refractivity contribution < 1.29 is 18.7 Å². The SMILES string of the molecule is Cc1nc(-c2ccc(NC(=O)Nc3ccc4c(c3)NC(=O)C4(C)C)cc2)nc(N2CCOCC2)c1F. The Morgan fingerprint density at radius 3 is 2.44 bits per heavy atom. The van der Waals surface area contributed by atoms with Gasteiger partial charge in [0.15, 0.2) is 17.5 Å². The van der Waals surface area contributed by atoms with Crippen LogP contribution in [0, 0.1) is 12.7 Å². The maximum Gasteiger partial charge on any atom is 0.323 e. The fraction of sp³-hybridized carbons (Fsp3) is 0.308. The van der Waals surface area contributed by atoms with Crippen LogP contribution in [-0.4, -0.2) is 48.2 Å². The number of benzene rings is 2. The van der Waals surface area contributed by atoms with Crippen LogP contribution in [0.5, 0.6) is 0 Å². The molecule has 0 spiro atoms. The summed E-state index contributed by atoms with van der Waals surface area (Å²) < 4.78 is 20.1. The number of nitrogens with zero attached hydrogens (tertiary/aromatic N) is 3. The van der Waals surface area contributed by atoms with Gasteiger partial charge in [0.1, 0.15) is 0 Å². The third kappa shape index (κ3) is 4.47. The van der Waals surface area contributed by atoms with Crippen LogP contribution in [0.2, 0.25) is 0 Å². The summed E-state index contributed by atoms with van der Waals surface area (Å²) in [5.41, 5.74) is 3.09. The maximum absolute atomic E-state index is 14.7. The molecule has 186 valence electrons. The number of carbonyl (C=O) groups excluding carboxylic acids is 2.